The van der Waals surface area contributed by atoms with E-state index in [-0.39, 0.29) is 4.90 Å². The third kappa shape index (κ3) is 5.18. The van der Waals surface area contributed by atoms with Crippen LogP contribution in [0.4, 0.5) is 0 Å². The van der Waals surface area contributed by atoms with Crippen molar-refractivity contribution in [2.75, 3.05) is 14.2 Å². The van der Waals surface area contributed by atoms with Gasteiger partial charge in [-0.05, 0) is 36.8 Å². The van der Waals surface area contributed by atoms with Gasteiger partial charge in [-0.15, -0.1) is 0 Å². The molecule has 0 saturated heterocycles. The zero-order valence-corrected chi connectivity index (χ0v) is 17.8. The fraction of sp³-hybridized carbons (Fsp3) is 0.174. The molecule has 30 heavy (non-hydrogen) atoms. The Morgan fingerprint density at radius 1 is 0.900 bits per heavy atom. The lowest BCUT2D eigenvalue weighted by molar-refractivity contribution is 0.266. The summed E-state index contributed by atoms with van der Waals surface area (Å²) in [6.07, 6.45) is 1.27. The number of benzene rings is 3. The van der Waals surface area contributed by atoms with Crippen molar-refractivity contribution in [1.82, 2.24) is 0 Å². The van der Waals surface area contributed by atoms with Crippen molar-refractivity contribution in [1.29, 1.82) is 0 Å². The predicted octanol–water partition coefficient (Wildman–Crippen LogP) is 4.40. The molecule has 0 aliphatic heterocycles. The van der Waals surface area contributed by atoms with Crippen molar-refractivity contribution >= 4 is 16.2 Å². The Balaban J connectivity index is 1.87. The van der Waals surface area contributed by atoms with Crippen LogP contribution in [0.5, 0.6) is 17.2 Å². The lowest BCUT2D eigenvalue weighted by Gasteiger charge is -2.15. The number of hydrogen-bond acceptors (Lipinski definition) is 5. The predicted molar refractivity (Wildman–Crippen MR) is 116 cm³/mol. The van der Waals surface area contributed by atoms with E-state index < -0.39 is 10.0 Å². The van der Waals surface area contributed by atoms with Gasteiger partial charge in [0.15, 0.2) is 11.5 Å². The van der Waals surface area contributed by atoms with Gasteiger partial charge in [0.05, 0.1) is 19.1 Å². The van der Waals surface area contributed by atoms with Gasteiger partial charge < -0.3 is 14.2 Å². The maximum Gasteiger partial charge on any atom is 0.282 e. The van der Waals surface area contributed by atoms with E-state index in [9.17, 15) is 8.42 Å². The summed E-state index contributed by atoms with van der Waals surface area (Å²) < 4.78 is 45.5. The Morgan fingerprint density at radius 2 is 1.50 bits per heavy atom. The molecule has 0 heterocycles. The molecule has 0 radical (unpaired) electrons. The summed E-state index contributed by atoms with van der Waals surface area (Å²) in [7, 11) is -0.798. The van der Waals surface area contributed by atoms with E-state index >= 15 is 0 Å². The molecule has 156 valence electrons. The molecule has 7 heteroatoms. The first-order valence-corrected chi connectivity index (χ1v) is 10.7. The summed E-state index contributed by atoms with van der Waals surface area (Å²) in [5.74, 6) is 1.27. The minimum absolute atomic E-state index is 0.131. The largest absolute Gasteiger partial charge is 0.493 e. The van der Waals surface area contributed by atoms with E-state index in [1.54, 1.807) is 24.3 Å². The van der Waals surface area contributed by atoms with E-state index in [4.69, 9.17) is 14.2 Å². The van der Waals surface area contributed by atoms with Gasteiger partial charge >= 0.3 is 0 Å². The smallest absolute Gasteiger partial charge is 0.282 e. The first-order valence-electron chi connectivity index (χ1n) is 9.22. The maximum atomic E-state index is 12.5. The topological polar surface area (TPSA) is 74.2 Å². The van der Waals surface area contributed by atoms with Gasteiger partial charge in [-0.3, -0.25) is 0 Å². The molecule has 0 aromatic heterocycles. The first-order chi connectivity index (χ1) is 14.4. The normalized spacial score (nSPS) is 11.4. The molecule has 0 atom stereocenters. The second kappa shape index (κ2) is 9.45. The van der Waals surface area contributed by atoms with E-state index in [1.807, 2.05) is 37.3 Å². The van der Waals surface area contributed by atoms with Crippen LogP contribution in [0, 0.1) is 6.92 Å². The van der Waals surface area contributed by atoms with Crippen molar-refractivity contribution < 1.29 is 22.6 Å². The second-order valence-electron chi connectivity index (χ2n) is 6.55. The molecule has 3 aromatic carbocycles. The molecule has 0 amide bonds. The monoisotopic (exact) mass is 425 g/mol. The van der Waals surface area contributed by atoms with Crippen LogP contribution in [0.2, 0.25) is 0 Å². The molecular weight excluding hydrogens is 402 g/mol. The molecule has 0 unspecified atom stereocenters. The maximum absolute atomic E-state index is 12.5. The van der Waals surface area contributed by atoms with Crippen LogP contribution in [0.25, 0.3) is 0 Å². The van der Waals surface area contributed by atoms with Crippen LogP contribution in [0.15, 0.2) is 76.0 Å². The van der Waals surface area contributed by atoms with E-state index in [2.05, 4.69) is 4.40 Å². The Labute approximate surface area is 176 Å². The molecule has 3 rings (SSSR count). The molecule has 0 spiro atoms. The van der Waals surface area contributed by atoms with E-state index in [0.29, 0.717) is 29.4 Å². The number of sulfonamides is 1. The highest BCUT2D eigenvalue weighted by atomic mass is 32.2. The lowest BCUT2D eigenvalue weighted by Crippen LogP contribution is -2.02. The molecule has 0 bridgehead atoms. The average molecular weight is 426 g/mol. The molecule has 3 aromatic rings. The molecular formula is C23H23NO5S. The number of ether oxygens (including phenoxy) is 3. The van der Waals surface area contributed by atoms with E-state index in [0.717, 1.165) is 11.1 Å². The van der Waals surface area contributed by atoms with Crippen LogP contribution in [0.3, 0.4) is 0 Å². The third-order valence-corrected chi connectivity index (χ3v) is 5.62. The summed E-state index contributed by atoms with van der Waals surface area (Å²) in [6.45, 7) is 2.22. The summed E-state index contributed by atoms with van der Waals surface area (Å²) in [6, 6.07) is 19.5. The van der Waals surface area contributed by atoms with Gasteiger partial charge in [0, 0.05) is 11.8 Å². The fourth-order valence-electron chi connectivity index (χ4n) is 2.75. The van der Waals surface area contributed by atoms with Crippen molar-refractivity contribution in [3.8, 4) is 17.2 Å². The fourth-order valence-corrected chi connectivity index (χ4v) is 3.61. The highest BCUT2D eigenvalue weighted by Crippen LogP contribution is 2.38. The summed E-state index contributed by atoms with van der Waals surface area (Å²) in [5, 5.41) is 0. The Bertz CT molecular complexity index is 1100. The summed E-state index contributed by atoms with van der Waals surface area (Å²) >= 11 is 0. The average Bonchev–Trinajstić information content (AvgIpc) is 2.77. The van der Waals surface area contributed by atoms with E-state index in [1.165, 1.54) is 32.6 Å². The Kier molecular flexibility index (Phi) is 6.74. The zero-order chi connectivity index (χ0) is 21.6. The Morgan fingerprint density at radius 3 is 2.07 bits per heavy atom. The number of hydrogen-bond donors (Lipinski definition) is 0. The van der Waals surface area contributed by atoms with Gasteiger partial charge in [-0.25, -0.2) is 0 Å². The lowest BCUT2D eigenvalue weighted by atomic mass is 10.2. The molecule has 0 fully saturated rings. The van der Waals surface area contributed by atoms with Gasteiger partial charge in [0.1, 0.15) is 6.61 Å². The standard InChI is InChI=1S/C23H23NO5S/c1-17-9-11-20(12-10-17)30(25,26)24-15-19-13-21(27-2)23(22(14-19)28-3)29-16-18-7-5-4-6-8-18/h4-15H,16H2,1-3H3/b24-15-. The first kappa shape index (κ1) is 21.4. The van der Waals surface area contributed by atoms with Gasteiger partial charge in [-0.2, -0.15) is 12.8 Å². The summed E-state index contributed by atoms with van der Waals surface area (Å²) in [4.78, 5) is 0.131. The van der Waals surface area contributed by atoms with Crippen LogP contribution in [-0.4, -0.2) is 28.9 Å². The highest BCUT2D eigenvalue weighted by Gasteiger charge is 2.15. The molecule has 6 nitrogen and oxygen atoms in total. The van der Waals surface area contributed by atoms with Crippen molar-refractivity contribution in [2.24, 2.45) is 4.40 Å². The molecule has 0 N–H and O–H groups in total. The number of aryl methyl sites for hydroxylation is 1. The minimum Gasteiger partial charge on any atom is -0.493 e. The van der Waals surface area contributed by atoms with Crippen LogP contribution < -0.4 is 14.2 Å². The number of methoxy groups -OCH3 is 2. The SMILES string of the molecule is COc1cc(/C=N\S(=O)(=O)c2ccc(C)cc2)cc(OC)c1OCc1ccccc1. The zero-order valence-electron chi connectivity index (χ0n) is 17.0. The highest BCUT2D eigenvalue weighted by molar-refractivity contribution is 7.90. The van der Waals surface area contributed by atoms with Crippen molar-refractivity contribution in [3.05, 3.63) is 83.4 Å². The number of rotatable bonds is 8. The molecule has 0 aliphatic rings. The Hall–Kier alpha value is -3.32. The number of nitrogens with zero attached hydrogens (tertiary/aromatic N) is 1. The van der Waals surface area contributed by atoms with Gasteiger partial charge in [-0.1, -0.05) is 48.0 Å². The molecule has 0 saturated carbocycles. The van der Waals surface area contributed by atoms with Crippen LogP contribution in [-0.2, 0) is 16.6 Å². The molecule has 0 aliphatic carbocycles. The summed E-state index contributed by atoms with van der Waals surface area (Å²) in [5.41, 5.74) is 2.47. The van der Waals surface area contributed by atoms with Gasteiger partial charge in [0.2, 0.25) is 5.75 Å². The third-order valence-electron chi connectivity index (χ3n) is 4.37. The van der Waals surface area contributed by atoms with Crippen molar-refractivity contribution in [2.45, 2.75) is 18.4 Å². The quantitative estimate of drug-likeness (QED) is 0.500. The van der Waals surface area contributed by atoms with Gasteiger partial charge in [0.25, 0.3) is 10.0 Å². The minimum atomic E-state index is -3.81. The van der Waals surface area contributed by atoms with Crippen molar-refractivity contribution in [3.63, 3.8) is 0 Å². The van der Waals surface area contributed by atoms with Crippen LogP contribution in [0.1, 0.15) is 16.7 Å². The second-order valence-corrected chi connectivity index (χ2v) is 8.18. The van der Waals surface area contributed by atoms with Crippen LogP contribution >= 0.6 is 0 Å².